The maximum atomic E-state index is 10.4. The molecule has 0 spiro atoms. The van der Waals surface area contributed by atoms with Crippen molar-refractivity contribution < 1.29 is 23.8 Å². The Morgan fingerprint density at radius 3 is 1.02 bits per heavy atom. The van der Waals surface area contributed by atoms with Gasteiger partial charge in [0.25, 0.3) is 5.69 Å². The molecule has 10 N–H and O–H groups in total. The van der Waals surface area contributed by atoms with Gasteiger partial charge in [-0.25, -0.2) is 4.57 Å². The normalized spacial score (nSPS) is 20.5. The van der Waals surface area contributed by atoms with Gasteiger partial charge in [0.2, 0.25) is 0 Å². The van der Waals surface area contributed by atoms with E-state index in [1.54, 1.807) is 0 Å². The molecule has 244 valence electrons. The molecule has 0 amide bonds. The van der Waals surface area contributed by atoms with Gasteiger partial charge in [0, 0.05) is 36.3 Å². The molecular weight excluding hydrogens is 557 g/mol. The molecule has 0 atom stereocenters. The van der Waals surface area contributed by atoms with E-state index in [-0.39, 0.29) is 11.4 Å². The van der Waals surface area contributed by atoms with E-state index in [4.69, 9.17) is 32.7 Å². The van der Waals surface area contributed by atoms with Crippen molar-refractivity contribution >= 4 is 13.5 Å². The molecule has 0 aliphatic heterocycles. The second-order valence-electron chi connectivity index (χ2n) is 11.9. The summed E-state index contributed by atoms with van der Waals surface area (Å²) in [5.74, 6) is -0.121. The summed E-state index contributed by atoms with van der Waals surface area (Å²) in [7, 11) is -4.60. The van der Waals surface area contributed by atoms with Gasteiger partial charge in [-0.05, 0) is 63.5 Å². The van der Waals surface area contributed by atoms with Crippen molar-refractivity contribution in [1.29, 1.82) is 0 Å². The van der Waals surface area contributed by atoms with Gasteiger partial charge in [-0.1, -0.05) is 77.0 Å². The minimum atomic E-state index is -4.60. The Labute approximate surface area is 252 Å². The fourth-order valence-electron chi connectivity index (χ4n) is 5.30. The molecule has 4 aliphatic rings. The first kappa shape index (κ1) is 38.4. The summed E-state index contributed by atoms with van der Waals surface area (Å²) < 4.78 is 14.5. The van der Waals surface area contributed by atoms with Gasteiger partial charge in [-0.3, -0.25) is 19.9 Å². The molecule has 11 nitrogen and oxygen atoms in total. The Balaban J connectivity index is 0.000000273. The number of nitro benzene ring substituents is 1. The van der Waals surface area contributed by atoms with Crippen LogP contribution in [-0.2, 0) is 4.57 Å². The molecule has 42 heavy (non-hydrogen) atoms. The van der Waals surface area contributed by atoms with Crippen LogP contribution >= 0.6 is 7.82 Å². The molecule has 0 heterocycles. The smallest absolute Gasteiger partial charge is 0.404 e. The zero-order chi connectivity index (χ0) is 31.2. The number of nitro groups is 1. The van der Waals surface area contributed by atoms with Crippen molar-refractivity contribution in [2.75, 3.05) is 0 Å². The molecule has 1 aromatic carbocycles. The molecule has 12 heteroatoms. The number of phosphoric ester groups is 1. The van der Waals surface area contributed by atoms with Gasteiger partial charge in [-0.15, -0.1) is 0 Å². The predicted molar refractivity (Wildman–Crippen MR) is 170 cm³/mol. The van der Waals surface area contributed by atoms with Crippen LogP contribution < -0.4 is 27.5 Å². The van der Waals surface area contributed by atoms with Gasteiger partial charge < -0.3 is 27.5 Å². The minimum absolute atomic E-state index is 0.121. The summed E-state index contributed by atoms with van der Waals surface area (Å²) in [5, 5.41) is 10.2. The van der Waals surface area contributed by atoms with Gasteiger partial charge in [0.05, 0.1) is 4.92 Å². The number of non-ortho nitro benzene ring substituents is 1. The lowest BCUT2D eigenvalue weighted by atomic mass is 9.97. The van der Waals surface area contributed by atoms with Gasteiger partial charge >= 0.3 is 7.82 Å². The van der Waals surface area contributed by atoms with E-state index in [2.05, 4.69) is 4.52 Å². The number of nitrogens with two attached hydrogens (primary N) is 4. The second kappa shape index (κ2) is 22.9. The van der Waals surface area contributed by atoms with Crippen molar-refractivity contribution in [1.82, 2.24) is 0 Å². The van der Waals surface area contributed by atoms with Crippen molar-refractivity contribution in [3.8, 4) is 5.75 Å². The zero-order valence-corrected chi connectivity index (χ0v) is 26.4. The Morgan fingerprint density at radius 1 is 0.595 bits per heavy atom. The minimum Gasteiger partial charge on any atom is -0.404 e. The van der Waals surface area contributed by atoms with Crippen molar-refractivity contribution in [2.24, 2.45) is 22.9 Å². The van der Waals surface area contributed by atoms with Crippen molar-refractivity contribution in [3.05, 3.63) is 34.4 Å². The average Bonchev–Trinajstić information content (AvgIpc) is 2.96. The second-order valence-corrected chi connectivity index (χ2v) is 13.1. The molecule has 0 radical (unpaired) electrons. The summed E-state index contributed by atoms with van der Waals surface area (Å²) in [6.07, 6.45) is 26.7. The van der Waals surface area contributed by atoms with E-state index in [0.29, 0.717) is 24.2 Å². The number of hydrogen-bond acceptors (Lipinski definition) is 8. The van der Waals surface area contributed by atoms with Gasteiger partial charge in [-0.2, -0.15) is 0 Å². The fourth-order valence-corrected chi connectivity index (χ4v) is 5.70. The Bertz CT molecular complexity index is 784. The highest BCUT2D eigenvalue weighted by Gasteiger charge is 2.16. The maximum Gasteiger partial charge on any atom is 0.524 e. The zero-order valence-electron chi connectivity index (χ0n) is 25.5. The third-order valence-corrected chi connectivity index (χ3v) is 8.32. The first-order valence-electron chi connectivity index (χ1n) is 16.0. The summed E-state index contributed by atoms with van der Waals surface area (Å²) in [5.41, 5.74) is 22.4. The molecule has 0 bridgehead atoms. The lowest BCUT2D eigenvalue weighted by Gasteiger charge is -2.15. The topological polar surface area (TPSA) is 214 Å². The molecule has 1 aromatic rings. The van der Waals surface area contributed by atoms with E-state index in [1.807, 2.05) is 0 Å². The van der Waals surface area contributed by atoms with E-state index in [1.165, 1.54) is 128 Å². The molecule has 4 saturated carbocycles. The van der Waals surface area contributed by atoms with E-state index in [9.17, 15) is 14.7 Å². The quantitative estimate of drug-likeness (QED) is 0.129. The van der Waals surface area contributed by atoms with Crippen molar-refractivity contribution in [2.45, 2.75) is 153 Å². The van der Waals surface area contributed by atoms with Crippen LogP contribution in [0.25, 0.3) is 0 Å². The largest absolute Gasteiger partial charge is 0.524 e. The van der Waals surface area contributed by atoms with Crippen LogP contribution in [0.15, 0.2) is 24.3 Å². The summed E-state index contributed by atoms with van der Waals surface area (Å²) in [4.78, 5) is 26.4. The molecule has 0 saturated heterocycles. The summed E-state index contributed by atoms with van der Waals surface area (Å²) >= 11 is 0. The molecule has 5 rings (SSSR count). The number of phosphoric acid groups is 1. The molecule has 4 fully saturated rings. The third-order valence-electron chi connectivity index (χ3n) is 7.87. The summed E-state index contributed by atoms with van der Waals surface area (Å²) in [6, 6.07) is 6.54. The Morgan fingerprint density at radius 2 is 0.857 bits per heavy atom. The molecule has 4 aliphatic carbocycles. The first-order chi connectivity index (χ1) is 20.0. The van der Waals surface area contributed by atoms with Crippen LogP contribution in [0.4, 0.5) is 5.69 Å². The number of hydrogen-bond donors (Lipinski definition) is 6. The molecule has 0 unspecified atom stereocenters. The van der Waals surface area contributed by atoms with Crippen LogP contribution in [0.3, 0.4) is 0 Å². The highest BCUT2D eigenvalue weighted by Crippen LogP contribution is 2.37. The highest BCUT2D eigenvalue weighted by molar-refractivity contribution is 7.46. The van der Waals surface area contributed by atoms with E-state index in [0.717, 1.165) is 24.3 Å². The number of benzene rings is 1. The molecular formula is C30H58N5O6P. The SMILES string of the molecule is NC1CCCCC1.NC1CCCCC1.NC1CCCCC1.NC1CCCCC1.O=[N+]([O-])c1ccc(OP(=O)(O)O)cc1. The van der Waals surface area contributed by atoms with Crippen LogP contribution in [0, 0.1) is 10.1 Å². The Hall–Kier alpha value is -1.59. The molecule has 0 aromatic heterocycles. The van der Waals surface area contributed by atoms with Crippen LogP contribution in [0.5, 0.6) is 5.75 Å². The van der Waals surface area contributed by atoms with E-state index < -0.39 is 12.7 Å². The third kappa shape index (κ3) is 22.0. The standard InChI is InChI=1S/C6H6NO6P.4C6H13N/c8-7(9)5-1-3-6(4-2-5)13-14(10,11)12;4*7-6-4-2-1-3-5-6/h1-4H,(H2,10,11,12);4*6H,1-5,7H2. The number of nitrogens with zero attached hydrogens (tertiary/aromatic N) is 1. The van der Waals surface area contributed by atoms with Crippen molar-refractivity contribution in [3.63, 3.8) is 0 Å². The lowest BCUT2D eigenvalue weighted by molar-refractivity contribution is -0.384. The maximum absolute atomic E-state index is 10.4. The highest BCUT2D eigenvalue weighted by atomic mass is 31.2. The Kier molecular flexibility index (Phi) is 20.9. The van der Waals surface area contributed by atoms with Gasteiger partial charge in [0.15, 0.2) is 0 Å². The monoisotopic (exact) mass is 615 g/mol. The van der Waals surface area contributed by atoms with Crippen LogP contribution in [-0.4, -0.2) is 38.9 Å². The first-order valence-corrected chi connectivity index (χ1v) is 17.5. The fraction of sp³-hybridized carbons (Fsp3) is 0.800. The lowest BCUT2D eigenvalue weighted by Crippen LogP contribution is -2.22. The predicted octanol–water partition coefficient (Wildman–Crippen LogP) is 6.18. The van der Waals surface area contributed by atoms with Crippen LogP contribution in [0.1, 0.15) is 128 Å². The van der Waals surface area contributed by atoms with Crippen LogP contribution in [0.2, 0.25) is 0 Å². The average molecular weight is 616 g/mol. The van der Waals surface area contributed by atoms with E-state index >= 15 is 0 Å². The van der Waals surface area contributed by atoms with Gasteiger partial charge in [0.1, 0.15) is 5.75 Å². The summed E-state index contributed by atoms with van der Waals surface area (Å²) in [6.45, 7) is 0. The number of rotatable bonds is 3.